The molecule has 21 heavy (non-hydrogen) atoms. The number of hydrogen-bond donors (Lipinski definition) is 1. The molecule has 108 valence electrons. The van der Waals surface area contributed by atoms with Gasteiger partial charge in [0.25, 0.3) is 0 Å². The van der Waals surface area contributed by atoms with E-state index < -0.39 is 0 Å². The molecular formula is C13H14N6O2. The lowest BCUT2D eigenvalue weighted by molar-refractivity contribution is 0.137. The number of urea groups is 1. The van der Waals surface area contributed by atoms with Gasteiger partial charge >= 0.3 is 6.03 Å². The van der Waals surface area contributed by atoms with Crippen LogP contribution >= 0.6 is 0 Å². The fraction of sp³-hybridized carbons (Fsp3) is 0.308. The average Bonchev–Trinajstić information content (AvgIpc) is 2.94. The average molecular weight is 286 g/mol. The maximum Gasteiger partial charge on any atom is 0.317 e. The third-order valence-corrected chi connectivity index (χ3v) is 3.12. The van der Waals surface area contributed by atoms with Gasteiger partial charge in [0.1, 0.15) is 0 Å². The topological polar surface area (TPSA) is 97.0 Å². The second-order valence-corrected chi connectivity index (χ2v) is 4.61. The molecule has 0 atom stereocenters. The second-order valence-electron chi connectivity index (χ2n) is 4.61. The van der Waals surface area contributed by atoms with Crippen LogP contribution in [0.2, 0.25) is 0 Å². The Balaban J connectivity index is 1.59. The highest BCUT2D eigenvalue weighted by atomic mass is 16.5. The number of rotatable bonds is 4. The Hall–Kier alpha value is -2.77. The molecule has 2 amide bonds. The summed E-state index contributed by atoms with van der Waals surface area (Å²) in [4.78, 5) is 25.8. The minimum absolute atomic E-state index is 0.0597. The number of aromatic nitrogens is 4. The first-order valence-corrected chi connectivity index (χ1v) is 6.52. The lowest BCUT2D eigenvalue weighted by Gasteiger charge is -2.36. The predicted molar refractivity (Wildman–Crippen MR) is 73.2 cm³/mol. The zero-order valence-electron chi connectivity index (χ0n) is 11.3. The van der Waals surface area contributed by atoms with Crippen LogP contribution in [0.25, 0.3) is 11.6 Å². The maximum atomic E-state index is 11.7. The van der Waals surface area contributed by atoms with E-state index in [9.17, 15) is 4.79 Å². The van der Waals surface area contributed by atoms with Gasteiger partial charge < -0.3 is 14.7 Å². The van der Waals surface area contributed by atoms with Gasteiger partial charge in [-0.15, -0.1) is 6.58 Å². The van der Waals surface area contributed by atoms with Crippen LogP contribution in [0.15, 0.2) is 35.6 Å². The molecule has 1 fully saturated rings. The summed E-state index contributed by atoms with van der Waals surface area (Å²) in [5, 5.41) is 6.59. The lowest BCUT2D eigenvalue weighted by Crippen LogP contribution is -2.52. The van der Waals surface area contributed by atoms with Gasteiger partial charge in [-0.2, -0.15) is 4.98 Å². The molecule has 1 aliphatic rings. The van der Waals surface area contributed by atoms with E-state index in [0.29, 0.717) is 37.2 Å². The van der Waals surface area contributed by atoms with E-state index in [1.807, 2.05) is 0 Å². The maximum absolute atomic E-state index is 11.7. The Morgan fingerprint density at radius 1 is 1.43 bits per heavy atom. The molecule has 3 heterocycles. The van der Waals surface area contributed by atoms with E-state index in [1.165, 1.54) is 0 Å². The van der Waals surface area contributed by atoms with Crippen LogP contribution in [0.5, 0.6) is 0 Å². The molecule has 2 aromatic rings. The molecule has 8 heteroatoms. The van der Waals surface area contributed by atoms with Crippen molar-refractivity contribution in [1.82, 2.24) is 30.3 Å². The van der Waals surface area contributed by atoms with Gasteiger partial charge in [0, 0.05) is 32.0 Å². The van der Waals surface area contributed by atoms with Crippen molar-refractivity contribution >= 4 is 6.03 Å². The molecular weight excluding hydrogens is 272 g/mol. The number of nitrogens with one attached hydrogen (secondary N) is 1. The third-order valence-electron chi connectivity index (χ3n) is 3.12. The summed E-state index contributed by atoms with van der Waals surface area (Å²) in [5.74, 6) is 1.35. The normalized spacial score (nSPS) is 14.6. The van der Waals surface area contributed by atoms with Crippen molar-refractivity contribution < 1.29 is 9.32 Å². The summed E-state index contributed by atoms with van der Waals surface area (Å²) in [5.41, 5.74) is 0. The summed E-state index contributed by atoms with van der Waals surface area (Å²) >= 11 is 0. The molecule has 2 aromatic heterocycles. The van der Waals surface area contributed by atoms with Crippen LogP contribution in [0.4, 0.5) is 4.79 Å². The van der Waals surface area contributed by atoms with Crippen LogP contribution in [-0.4, -0.2) is 50.7 Å². The molecule has 3 rings (SSSR count). The molecule has 0 aliphatic carbocycles. The summed E-state index contributed by atoms with van der Waals surface area (Å²) in [6, 6.07) is 1.60. The van der Waals surface area contributed by atoms with E-state index in [1.54, 1.807) is 29.4 Å². The predicted octanol–water partition coefficient (Wildman–Crippen LogP) is 0.821. The number of carbonyl (C=O) groups excluding carboxylic acids is 1. The number of nitrogens with zero attached hydrogens (tertiary/aromatic N) is 5. The highest BCUT2D eigenvalue weighted by Crippen LogP contribution is 2.26. The van der Waals surface area contributed by atoms with Crippen LogP contribution in [0.3, 0.4) is 0 Å². The van der Waals surface area contributed by atoms with Gasteiger partial charge in [-0.1, -0.05) is 11.2 Å². The van der Waals surface area contributed by atoms with E-state index in [4.69, 9.17) is 4.52 Å². The Morgan fingerprint density at radius 2 is 2.19 bits per heavy atom. The first kappa shape index (κ1) is 13.2. The molecule has 0 saturated carbocycles. The van der Waals surface area contributed by atoms with Gasteiger partial charge in [-0.3, -0.25) is 0 Å². The summed E-state index contributed by atoms with van der Waals surface area (Å²) in [6.45, 7) is 5.12. The third kappa shape index (κ3) is 2.73. The van der Waals surface area contributed by atoms with Crippen LogP contribution in [-0.2, 0) is 0 Å². The molecule has 0 unspecified atom stereocenters. The molecule has 0 aromatic carbocycles. The minimum Gasteiger partial charge on any atom is -0.338 e. The smallest absolute Gasteiger partial charge is 0.317 e. The molecule has 0 bridgehead atoms. The van der Waals surface area contributed by atoms with Crippen molar-refractivity contribution in [3.8, 4) is 11.6 Å². The van der Waals surface area contributed by atoms with Gasteiger partial charge in [0.2, 0.25) is 17.5 Å². The van der Waals surface area contributed by atoms with E-state index in [0.717, 1.165) is 0 Å². The fourth-order valence-corrected chi connectivity index (χ4v) is 1.98. The van der Waals surface area contributed by atoms with Crippen LogP contribution < -0.4 is 5.32 Å². The van der Waals surface area contributed by atoms with Gasteiger partial charge in [-0.25, -0.2) is 14.8 Å². The first-order valence-electron chi connectivity index (χ1n) is 6.52. The minimum atomic E-state index is -0.114. The molecule has 1 N–H and O–H groups in total. The van der Waals surface area contributed by atoms with Gasteiger partial charge in [-0.05, 0) is 6.07 Å². The van der Waals surface area contributed by atoms with Crippen molar-refractivity contribution in [3.05, 3.63) is 37.0 Å². The van der Waals surface area contributed by atoms with Crippen LogP contribution in [0.1, 0.15) is 11.8 Å². The Labute approximate surface area is 120 Å². The SMILES string of the molecule is C=CCNC(=O)N1CC(c2nc(-c3ncccn3)no2)C1. The lowest BCUT2D eigenvalue weighted by atomic mass is 10.0. The van der Waals surface area contributed by atoms with Gasteiger partial charge in [0.15, 0.2) is 0 Å². The quantitative estimate of drug-likeness (QED) is 0.836. The number of hydrogen-bond acceptors (Lipinski definition) is 6. The molecule has 0 spiro atoms. The highest BCUT2D eigenvalue weighted by molar-refractivity contribution is 5.75. The monoisotopic (exact) mass is 286 g/mol. The number of amides is 2. The standard InChI is InChI=1S/C13H14N6O2/c1-2-4-16-13(20)19-7-9(8-19)12-17-11(18-21-12)10-14-5-3-6-15-10/h2-3,5-6,9H,1,4,7-8H2,(H,16,20). The Morgan fingerprint density at radius 3 is 2.90 bits per heavy atom. The molecule has 0 radical (unpaired) electrons. The summed E-state index contributed by atoms with van der Waals surface area (Å²) < 4.78 is 5.22. The number of likely N-dealkylation sites (tertiary alicyclic amines) is 1. The molecule has 8 nitrogen and oxygen atoms in total. The van der Waals surface area contributed by atoms with E-state index in [-0.39, 0.29) is 11.9 Å². The Kier molecular flexibility index (Phi) is 3.59. The van der Waals surface area contributed by atoms with Crippen LogP contribution in [0, 0.1) is 0 Å². The van der Waals surface area contributed by atoms with Crippen molar-refractivity contribution in [3.63, 3.8) is 0 Å². The highest BCUT2D eigenvalue weighted by Gasteiger charge is 2.35. The van der Waals surface area contributed by atoms with E-state index in [2.05, 4.69) is 32.0 Å². The van der Waals surface area contributed by atoms with Gasteiger partial charge in [0.05, 0.1) is 5.92 Å². The molecule has 1 saturated heterocycles. The van der Waals surface area contributed by atoms with Crippen molar-refractivity contribution in [2.45, 2.75) is 5.92 Å². The number of carbonyl (C=O) groups is 1. The van der Waals surface area contributed by atoms with E-state index >= 15 is 0 Å². The fourth-order valence-electron chi connectivity index (χ4n) is 1.98. The van der Waals surface area contributed by atoms with Crippen molar-refractivity contribution in [1.29, 1.82) is 0 Å². The zero-order chi connectivity index (χ0) is 14.7. The second kappa shape index (κ2) is 5.70. The zero-order valence-corrected chi connectivity index (χ0v) is 11.3. The molecule has 1 aliphatic heterocycles. The first-order chi connectivity index (χ1) is 10.3. The largest absolute Gasteiger partial charge is 0.338 e. The summed E-state index contributed by atoms with van der Waals surface area (Å²) in [6.07, 6.45) is 4.88. The van der Waals surface area contributed by atoms with Crippen molar-refractivity contribution in [2.75, 3.05) is 19.6 Å². The Bertz CT molecular complexity index is 635. The summed E-state index contributed by atoms with van der Waals surface area (Å²) in [7, 11) is 0. The van der Waals surface area contributed by atoms with Crippen molar-refractivity contribution in [2.24, 2.45) is 0 Å².